The van der Waals surface area contributed by atoms with Gasteiger partial charge in [-0.3, -0.25) is 0 Å². The molecule has 0 saturated carbocycles. The van der Waals surface area contributed by atoms with Gasteiger partial charge in [-0.15, -0.1) is 0 Å². The number of rotatable bonds is 7. The van der Waals surface area contributed by atoms with Crippen molar-refractivity contribution in [1.29, 1.82) is 0 Å². The molecule has 0 aliphatic heterocycles. The van der Waals surface area contributed by atoms with Gasteiger partial charge in [0.25, 0.3) is 0 Å². The van der Waals surface area contributed by atoms with Crippen LogP contribution >= 0.6 is 0 Å². The van der Waals surface area contributed by atoms with E-state index in [4.69, 9.17) is 15.0 Å². The highest BCUT2D eigenvalue weighted by molar-refractivity contribution is 6.18. The monoisotopic (exact) mass is 713 g/mol. The van der Waals surface area contributed by atoms with E-state index in [0.29, 0.717) is 5.82 Å². The van der Waals surface area contributed by atoms with Crippen molar-refractivity contribution in [3.8, 4) is 78.5 Å². The fourth-order valence-electron chi connectivity index (χ4n) is 7.68. The van der Waals surface area contributed by atoms with Gasteiger partial charge in [0.2, 0.25) is 0 Å². The zero-order valence-electron chi connectivity index (χ0n) is 30.5. The number of hydrogen-bond acceptors (Lipinski definition) is 3. The summed E-state index contributed by atoms with van der Waals surface area (Å²) >= 11 is 0. The second-order valence-corrected chi connectivity index (χ2v) is 14.0. The molecule has 0 radical (unpaired) electrons. The minimum Gasteiger partial charge on any atom is -0.248 e. The predicted octanol–water partition coefficient (Wildman–Crippen LogP) is 13.8. The molecular formula is C53H35N3. The molecule has 0 atom stereocenters. The molecule has 2 heterocycles. The molecule has 56 heavy (non-hydrogen) atoms. The molecule has 0 aliphatic rings. The second kappa shape index (κ2) is 14.4. The first-order valence-electron chi connectivity index (χ1n) is 18.9. The van der Waals surface area contributed by atoms with Crippen molar-refractivity contribution in [2.75, 3.05) is 0 Å². The van der Waals surface area contributed by atoms with Crippen LogP contribution in [0.15, 0.2) is 212 Å². The van der Waals surface area contributed by atoms with Gasteiger partial charge in [-0.25, -0.2) is 15.0 Å². The highest BCUT2D eigenvalue weighted by Crippen LogP contribution is 2.41. The molecule has 3 heteroatoms. The third-order valence-corrected chi connectivity index (χ3v) is 10.5. The summed E-state index contributed by atoms with van der Waals surface area (Å²) in [5.74, 6) is 0.656. The predicted molar refractivity (Wildman–Crippen MR) is 233 cm³/mol. The lowest BCUT2D eigenvalue weighted by molar-refractivity contribution is 1.19. The van der Waals surface area contributed by atoms with Gasteiger partial charge < -0.3 is 0 Å². The van der Waals surface area contributed by atoms with E-state index < -0.39 is 0 Å². The van der Waals surface area contributed by atoms with E-state index >= 15 is 0 Å². The lowest BCUT2D eigenvalue weighted by Gasteiger charge is -2.16. The van der Waals surface area contributed by atoms with E-state index in [1.807, 2.05) is 18.2 Å². The van der Waals surface area contributed by atoms with Gasteiger partial charge in [0.1, 0.15) is 0 Å². The Kier molecular flexibility index (Phi) is 8.51. The third kappa shape index (κ3) is 6.31. The van der Waals surface area contributed by atoms with Crippen LogP contribution in [0, 0.1) is 0 Å². The van der Waals surface area contributed by atoms with Gasteiger partial charge in [0.15, 0.2) is 5.82 Å². The number of benzene rings is 8. The molecule has 8 aromatic carbocycles. The summed E-state index contributed by atoms with van der Waals surface area (Å²) in [6.45, 7) is 0. The van der Waals surface area contributed by atoms with Crippen molar-refractivity contribution in [2.45, 2.75) is 0 Å². The van der Waals surface area contributed by atoms with E-state index in [1.54, 1.807) is 0 Å². The molecule has 262 valence electrons. The maximum absolute atomic E-state index is 5.35. The van der Waals surface area contributed by atoms with Crippen LogP contribution in [-0.2, 0) is 0 Å². The van der Waals surface area contributed by atoms with E-state index in [1.165, 1.54) is 11.1 Å². The van der Waals surface area contributed by atoms with Gasteiger partial charge in [-0.05, 0) is 62.4 Å². The Bertz CT molecular complexity index is 2860. The molecule has 10 aromatic rings. The van der Waals surface area contributed by atoms with Crippen LogP contribution < -0.4 is 0 Å². The number of nitrogens with zero attached hydrogens (tertiary/aromatic N) is 3. The summed E-state index contributed by atoms with van der Waals surface area (Å²) in [6, 6.07) is 74.4. The SMILES string of the molecule is c1ccc(-c2ccc(-c3cc(-c4ccc(-c5ccccc5)cc4)nc(-c4cc5nc(-c6ccccc6)cc(-c6ccccc6)c5c5ccccc45)n3)cc2)cc1. The molecule has 3 nitrogen and oxygen atoms in total. The topological polar surface area (TPSA) is 38.7 Å². The minimum absolute atomic E-state index is 0.656. The van der Waals surface area contributed by atoms with Crippen molar-refractivity contribution in [3.63, 3.8) is 0 Å². The summed E-state index contributed by atoms with van der Waals surface area (Å²) in [5.41, 5.74) is 14.6. The van der Waals surface area contributed by atoms with Crippen LogP contribution in [-0.4, -0.2) is 15.0 Å². The summed E-state index contributed by atoms with van der Waals surface area (Å²) in [4.78, 5) is 16.0. The van der Waals surface area contributed by atoms with Crippen LogP contribution in [0.5, 0.6) is 0 Å². The molecule has 0 spiro atoms. The number of aromatic nitrogens is 3. The van der Waals surface area contributed by atoms with Crippen LogP contribution in [0.25, 0.3) is 100 Å². The molecule has 0 amide bonds. The maximum Gasteiger partial charge on any atom is 0.161 e. The van der Waals surface area contributed by atoms with Gasteiger partial charge in [0, 0.05) is 27.6 Å². The summed E-state index contributed by atoms with van der Waals surface area (Å²) in [7, 11) is 0. The molecular weight excluding hydrogens is 679 g/mol. The van der Waals surface area contributed by atoms with Crippen LogP contribution in [0.1, 0.15) is 0 Å². The standard InChI is InChI=1S/C53H35N3/c1-5-15-36(16-6-1)38-25-29-42(30-26-38)49-35-50(43-31-27-39(28-32-43)37-17-7-2-8-18-37)56-53(55-49)47-34-51-52(45-24-14-13-23-44(45)47)46(40-19-9-3-10-20-40)33-48(54-51)41-21-11-4-12-22-41/h1-35H. The Hall–Kier alpha value is -7.49. The highest BCUT2D eigenvalue weighted by atomic mass is 14.9. The van der Waals surface area contributed by atoms with Crippen molar-refractivity contribution < 1.29 is 0 Å². The van der Waals surface area contributed by atoms with E-state index in [2.05, 4.69) is 194 Å². The number of fused-ring (bicyclic) bond motifs is 3. The summed E-state index contributed by atoms with van der Waals surface area (Å²) in [6.07, 6.45) is 0. The molecule has 0 unspecified atom stereocenters. The van der Waals surface area contributed by atoms with Gasteiger partial charge in [0.05, 0.1) is 22.6 Å². The fourth-order valence-corrected chi connectivity index (χ4v) is 7.68. The van der Waals surface area contributed by atoms with Crippen molar-refractivity contribution in [3.05, 3.63) is 212 Å². The number of hydrogen-bond donors (Lipinski definition) is 0. The smallest absolute Gasteiger partial charge is 0.161 e. The average molecular weight is 714 g/mol. The Labute approximate surface area is 326 Å². The van der Waals surface area contributed by atoms with Crippen molar-refractivity contribution in [1.82, 2.24) is 15.0 Å². The van der Waals surface area contributed by atoms with E-state index in [-0.39, 0.29) is 0 Å². The van der Waals surface area contributed by atoms with Crippen molar-refractivity contribution in [2.24, 2.45) is 0 Å². The summed E-state index contributed by atoms with van der Waals surface area (Å²) < 4.78 is 0. The lowest BCUT2D eigenvalue weighted by atomic mass is 9.92. The zero-order valence-corrected chi connectivity index (χ0v) is 30.5. The Morgan fingerprint density at radius 1 is 0.250 bits per heavy atom. The maximum atomic E-state index is 5.35. The van der Waals surface area contributed by atoms with Crippen molar-refractivity contribution >= 4 is 21.7 Å². The molecule has 0 bridgehead atoms. The third-order valence-electron chi connectivity index (χ3n) is 10.5. The molecule has 0 fully saturated rings. The summed E-state index contributed by atoms with van der Waals surface area (Å²) in [5, 5.41) is 3.30. The number of pyridine rings is 1. The molecule has 0 saturated heterocycles. The van der Waals surface area contributed by atoms with Crippen LogP contribution in [0.2, 0.25) is 0 Å². The first-order chi connectivity index (χ1) is 27.7. The Morgan fingerprint density at radius 2 is 0.625 bits per heavy atom. The van der Waals surface area contributed by atoms with Gasteiger partial charge in [-0.1, -0.05) is 194 Å². The van der Waals surface area contributed by atoms with E-state index in [9.17, 15) is 0 Å². The lowest BCUT2D eigenvalue weighted by Crippen LogP contribution is -1.98. The quantitative estimate of drug-likeness (QED) is 0.154. The van der Waals surface area contributed by atoms with E-state index in [0.717, 1.165) is 83.3 Å². The van der Waals surface area contributed by atoms with Crippen LogP contribution in [0.4, 0.5) is 0 Å². The molecule has 0 aliphatic carbocycles. The molecule has 0 N–H and O–H groups in total. The molecule has 10 rings (SSSR count). The minimum atomic E-state index is 0.656. The normalized spacial score (nSPS) is 11.2. The largest absolute Gasteiger partial charge is 0.248 e. The van der Waals surface area contributed by atoms with Gasteiger partial charge in [-0.2, -0.15) is 0 Å². The Morgan fingerprint density at radius 3 is 1.14 bits per heavy atom. The average Bonchev–Trinajstić information content (AvgIpc) is 3.29. The second-order valence-electron chi connectivity index (χ2n) is 14.0. The van der Waals surface area contributed by atoms with Gasteiger partial charge >= 0.3 is 0 Å². The first kappa shape index (κ1) is 33.1. The molecule has 2 aromatic heterocycles. The zero-order chi connectivity index (χ0) is 37.3. The fraction of sp³-hybridized carbons (Fsp3) is 0. The highest BCUT2D eigenvalue weighted by Gasteiger charge is 2.19. The Balaban J connectivity index is 1.20. The van der Waals surface area contributed by atoms with Crippen LogP contribution in [0.3, 0.4) is 0 Å². The first-order valence-corrected chi connectivity index (χ1v) is 18.9.